The quantitative estimate of drug-likeness (QED) is 0.635. The summed E-state index contributed by atoms with van der Waals surface area (Å²) in [5.74, 6) is 0.927. The maximum atomic E-state index is 12.2. The van der Waals surface area contributed by atoms with Gasteiger partial charge in [-0.3, -0.25) is 0 Å². The van der Waals surface area contributed by atoms with Crippen LogP contribution in [0.25, 0.3) is 0 Å². The number of nitrogens with one attached hydrogen (secondary N) is 1. The van der Waals surface area contributed by atoms with Crippen molar-refractivity contribution >= 4 is 15.8 Å². The fraction of sp³-hybridized carbons (Fsp3) is 0.611. The summed E-state index contributed by atoms with van der Waals surface area (Å²) in [6, 6.07) is 8.15. The van der Waals surface area contributed by atoms with Crippen molar-refractivity contribution < 1.29 is 13.2 Å². The molecule has 1 N–H and O–H groups in total. The van der Waals surface area contributed by atoms with E-state index in [0.717, 1.165) is 23.6 Å². The number of rotatable bonds is 5. The Labute approximate surface area is 151 Å². The van der Waals surface area contributed by atoms with Crippen LogP contribution >= 0.6 is 0 Å². The minimum absolute atomic E-state index is 0.160. The SMILES string of the molecule is CCNC(=NCc1cccc(COC)c1)N1CCS(=O)(=O)C(C)(C)C1. The molecule has 0 amide bonds. The summed E-state index contributed by atoms with van der Waals surface area (Å²) >= 11 is 0. The third-order valence-corrected chi connectivity index (χ3v) is 6.92. The topological polar surface area (TPSA) is 71.0 Å². The normalized spacial score (nSPS) is 19.7. The van der Waals surface area contributed by atoms with Crippen LogP contribution in [0, 0.1) is 0 Å². The Balaban J connectivity index is 2.15. The lowest BCUT2D eigenvalue weighted by atomic mass is 10.1. The van der Waals surface area contributed by atoms with E-state index >= 15 is 0 Å². The molecule has 1 aromatic rings. The average molecular weight is 368 g/mol. The van der Waals surface area contributed by atoms with Crippen LogP contribution in [-0.4, -0.2) is 56.5 Å². The van der Waals surface area contributed by atoms with Crippen LogP contribution in [0.3, 0.4) is 0 Å². The first-order chi connectivity index (χ1) is 11.8. The zero-order valence-electron chi connectivity index (χ0n) is 15.6. The monoisotopic (exact) mass is 367 g/mol. The van der Waals surface area contributed by atoms with Crippen molar-refractivity contribution in [2.24, 2.45) is 4.99 Å². The molecule has 1 fully saturated rings. The number of hydrogen-bond donors (Lipinski definition) is 1. The van der Waals surface area contributed by atoms with Crippen LogP contribution in [0.15, 0.2) is 29.3 Å². The van der Waals surface area contributed by atoms with Crippen LogP contribution in [-0.2, 0) is 27.7 Å². The number of hydrogen-bond acceptors (Lipinski definition) is 4. The molecule has 25 heavy (non-hydrogen) atoms. The van der Waals surface area contributed by atoms with Gasteiger partial charge in [0.05, 0.1) is 23.7 Å². The lowest BCUT2D eigenvalue weighted by Gasteiger charge is -2.39. The molecule has 0 atom stereocenters. The van der Waals surface area contributed by atoms with Gasteiger partial charge in [0.15, 0.2) is 15.8 Å². The van der Waals surface area contributed by atoms with Crippen LogP contribution in [0.4, 0.5) is 0 Å². The summed E-state index contributed by atoms with van der Waals surface area (Å²) in [6.07, 6.45) is 0. The highest BCUT2D eigenvalue weighted by Crippen LogP contribution is 2.23. The van der Waals surface area contributed by atoms with Crippen LogP contribution in [0.2, 0.25) is 0 Å². The predicted molar refractivity (Wildman–Crippen MR) is 101 cm³/mol. The Kier molecular flexibility index (Phi) is 6.46. The van der Waals surface area contributed by atoms with Gasteiger partial charge in [-0.15, -0.1) is 0 Å². The molecule has 2 rings (SSSR count). The predicted octanol–water partition coefficient (Wildman–Crippen LogP) is 1.81. The number of guanidine groups is 1. The summed E-state index contributed by atoms with van der Waals surface area (Å²) in [6.45, 7) is 8.37. The average Bonchev–Trinajstić information content (AvgIpc) is 2.55. The highest BCUT2D eigenvalue weighted by molar-refractivity contribution is 7.92. The van der Waals surface area contributed by atoms with Crippen molar-refractivity contribution in [1.29, 1.82) is 0 Å². The molecular weight excluding hydrogens is 338 g/mol. The molecule has 0 spiro atoms. The van der Waals surface area contributed by atoms with Crippen molar-refractivity contribution in [1.82, 2.24) is 10.2 Å². The molecule has 1 saturated heterocycles. The Morgan fingerprint density at radius 3 is 2.72 bits per heavy atom. The van der Waals surface area contributed by atoms with Gasteiger partial charge in [-0.25, -0.2) is 13.4 Å². The van der Waals surface area contributed by atoms with E-state index in [1.54, 1.807) is 21.0 Å². The molecule has 0 aromatic heterocycles. The number of ether oxygens (including phenoxy) is 1. The fourth-order valence-corrected chi connectivity index (χ4v) is 4.27. The standard InChI is InChI=1S/C18H29N3O3S/c1-5-19-17(21-9-10-25(22,23)18(2,3)14-21)20-12-15-7-6-8-16(11-15)13-24-4/h6-8,11H,5,9-10,12-14H2,1-4H3,(H,19,20). The molecule has 0 aliphatic carbocycles. The summed E-state index contributed by atoms with van der Waals surface area (Å²) in [5, 5.41) is 3.28. The van der Waals surface area contributed by atoms with E-state index in [4.69, 9.17) is 9.73 Å². The smallest absolute Gasteiger partial charge is 0.194 e. The molecule has 6 nitrogen and oxygen atoms in total. The van der Waals surface area contributed by atoms with Gasteiger partial charge >= 0.3 is 0 Å². The maximum Gasteiger partial charge on any atom is 0.194 e. The van der Waals surface area contributed by atoms with Gasteiger partial charge < -0.3 is 15.0 Å². The summed E-state index contributed by atoms with van der Waals surface area (Å²) in [4.78, 5) is 6.76. The Hall–Kier alpha value is -1.60. The molecule has 1 aliphatic heterocycles. The third kappa shape index (κ3) is 4.95. The largest absolute Gasteiger partial charge is 0.380 e. The van der Waals surface area contributed by atoms with Gasteiger partial charge in [0.1, 0.15) is 0 Å². The van der Waals surface area contributed by atoms with E-state index in [2.05, 4.69) is 11.4 Å². The number of nitrogens with zero attached hydrogens (tertiary/aromatic N) is 2. The van der Waals surface area contributed by atoms with Gasteiger partial charge in [0, 0.05) is 26.7 Å². The highest BCUT2D eigenvalue weighted by atomic mass is 32.2. The van der Waals surface area contributed by atoms with Crippen LogP contribution in [0.5, 0.6) is 0 Å². The number of aliphatic imine (C=N–C) groups is 1. The Morgan fingerprint density at radius 1 is 1.36 bits per heavy atom. The summed E-state index contributed by atoms with van der Waals surface area (Å²) in [5.41, 5.74) is 2.22. The van der Waals surface area contributed by atoms with Crippen LogP contribution in [0.1, 0.15) is 31.9 Å². The van der Waals surface area contributed by atoms with E-state index in [0.29, 0.717) is 26.2 Å². The summed E-state index contributed by atoms with van der Waals surface area (Å²) < 4.78 is 28.8. The molecule has 140 valence electrons. The highest BCUT2D eigenvalue weighted by Gasteiger charge is 2.40. The first kappa shape index (κ1) is 19.7. The molecular formula is C18H29N3O3S. The molecule has 0 bridgehead atoms. The van der Waals surface area contributed by atoms with Gasteiger partial charge in [0.25, 0.3) is 0 Å². The zero-order valence-corrected chi connectivity index (χ0v) is 16.4. The molecule has 0 radical (unpaired) electrons. The number of benzene rings is 1. The van der Waals surface area contributed by atoms with Gasteiger partial charge in [-0.05, 0) is 31.9 Å². The molecule has 0 unspecified atom stereocenters. The van der Waals surface area contributed by atoms with E-state index in [-0.39, 0.29) is 5.75 Å². The Morgan fingerprint density at radius 2 is 2.08 bits per heavy atom. The number of methoxy groups -OCH3 is 1. The van der Waals surface area contributed by atoms with Crippen molar-refractivity contribution in [3.63, 3.8) is 0 Å². The van der Waals surface area contributed by atoms with Crippen molar-refractivity contribution in [3.05, 3.63) is 35.4 Å². The molecule has 1 aliphatic rings. The van der Waals surface area contributed by atoms with Crippen molar-refractivity contribution in [2.75, 3.05) is 32.5 Å². The second-order valence-corrected chi connectivity index (χ2v) is 9.67. The fourth-order valence-electron chi connectivity index (χ4n) is 2.90. The second-order valence-electron chi connectivity index (χ2n) is 6.92. The lowest BCUT2D eigenvalue weighted by Crippen LogP contribution is -2.57. The molecule has 1 heterocycles. The van der Waals surface area contributed by atoms with E-state index < -0.39 is 14.6 Å². The minimum Gasteiger partial charge on any atom is -0.380 e. The first-order valence-corrected chi connectivity index (χ1v) is 10.3. The third-order valence-electron chi connectivity index (χ3n) is 4.39. The summed E-state index contributed by atoms with van der Waals surface area (Å²) in [7, 11) is -1.38. The first-order valence-electron chi connectivity index (χ1n) is 8.61. The van der Waals surface area contributed by atoms with Gasteiger partial charge in [-0.1, -0.05) is 24.3 Å². The lowest BCUT2D eigenvalue weighted by molar-refractivity contribution is 0.185. The van der Waals surface area contributed by atoms with Gasteiger partial charge in [-0.2, -0.15) is 0 Å². The second kappa shape index (κ2) is 8.19. The van der Waals surface area contributed by atoms with E-state index in [1.807, 2.05) is 30.0 Å². The van der Waals surface area contributed by atoms with Gasteiger partial charge in [0.2, 0.25) is 0 Å². The molecule has 7 heteroatoms. The van der Waals surface area contributed by atoms with Crippen molar-refractivity contribution in [2.45, 2.75) is 38.7 Å². The molecule has 0 saturated carbocycles. The van der Waals surface area contributed by atoms with Crippen molar-refractivity contribution in [3.8, 4) is 0 Å². The zero-order chi connectivity index (χ0) is 18.5. The minimum atomic E-state index is -3.06. The van der Waals surface area contributed by atoms with Crippen LogP contribution < -0.4 is 5.32 Å². The van der Waals surface area contributed by atoms with E-state index in [9.17, 15) is 8.42 Å². The van der Waals surface area contributed by atoms with E-state index in [1.165, 1.54) is 0 Å². The Bertz CT molecular complexity index is 714. The molecule has 1 aromatic carbocycles. The number of sulfone groups is 1. The maximum absolute atomic E-state index is 12.2.